The van der Waals surface area contributed by atoms with Crippen LogP contribution in [0, 0.1) is 12.5 Å². The van der Waals surface area contributed by atoms with Gasteiger partial charge in [0.25, 0.3) is 0 Å². The molecular weight excluding hydrogens is 368 g/mol. The van der Waals surface area contributed by atoms with Crippen molar-refractivity contribution in [2.75, 3.05) is 18.4 Å². The Kier molecular flexibility index (Phi) is 5.47. The largest absolute Gasteiger partial charge is 0.317 e. The van der Waals surface area contributed by atoms with E-state index in [0.29, 0.717) is 10.8 Å². The molecule has 0 bridgehead atoms. The van der Waals surface area contributed by atoms with Gasteiger partial charge in [0.05, 0.1) is 12.3 Å². The number of piperidine rings is 1. The fourth-order valence-corrected chi connectivity index (χ4v) is 4.06. The minimum absolute atomic E-state index is 0.0651. The average Bonchev–Trinajstić information content (AvgIpc) is 3.23. The van der Waals surface area contributed by atoms with Crippen LogP contribution in [0.4, 0.5) is 10.8 Å². The van der Waals surface area contributed by atoms with Gasteiger partial charge in [-0.2, -0.15) is 0 Å². The minimum Gasteiger partial charge on any atom is -0.317 e. The van der Waals surface area contributed by atoms with E-state index in [1.165, 1.54) is 11.3 Å². The Bertz CT molecular complexity index is 1010. The molecule has 2 N–H and O–H groups in total. The van der Waals surface area contributed by atoms with Gasteiger partial charge in [0, 0.05) is 16.9 Å². The number of benzene rings is 2. The third-order valence-corrected chi connectivity index (χ3v) is 5.69. The van der Waals surface area contributed by atoms with Crippen LogP contribution in [0.5, 0.6) is 0 Å². The number of rotatable bonds is 4. The number of anilines is 1. The van der Waals surface area contributed by atoms with Crippen LogP contribution in [0.1, 0.15) is 12.8 Å². The summed E-state index contributed by atoms with van der Waals surface area (Å²) in [6, 6.07) is 15.7. The molecule has 0 saturated carbocycles. The summed E-state index contributed by atoms with van der Waals surface area (Å²) in [5, 5.41) is 8.87. The Hall–Kier alpha value is -3.01. The number of hydrogen-bond acceptors (Lipinski definition) is 4. The van der Waals surface area contributed by atoms with Crippen LogP contribution < -0.4 is 10.6 Å². The lowest BCUT2D eigenvalue weighted by atomic mass is 9.97. The van der Waals surface area contributed by atoms with Crippen molar-refractivity contribution in [3.05, 3.63) is 65.3 Å². The molecule has 0 atom stereocenters. The van der Waals surface area contributed by atoms with E-state index >= 15 is 0 Å². The third kappa shape index (κ3) is 4.11. The molecule has 6 heteroatoms. The van der Waals surface area contributed by atoms with Crippen molar-refractivity contribution in [3.8, 4) is 22.4 Å². The second kappa shape index (κ2) is 8.34. The van der Waals surface area contributed by atoms with Gasteiger partial charge in [-0.25, -0.2) is 9.83 Å². The molecule has 140 valence electrons. The standard InChI is InChI=1S/C22H20N4OS/c1-23-19-7-5-15(6-8-19)17-3-2-4-18(13-17)20-14-28-22(25-20)26-21(27)16-9-11-24-12-10-16/h2-8,13-14,16,24H,9-12H2,(H,25,26,27). The second-order valence-electron chi connectivity index (χ2n) is 6.79. The summed E-state index contributed by atoms with van der Waals surface area (Å²) in [6.07, 6.45) is 1.75. The SMILES string of the molecule is [C-]#[N+]c1ccc(-c2cccc(-c3csc(NC(=O)C4CCNCC4)n3)c2)cc1. The van der Waals surface area contributed by atoms with Crippen molar-refractivity contribution in [1.82, 2.24) is 10.3 Å². The van der Waals surface area contributed by atoms with Crippen LogP contribution in [0.2, 0.25) is 0 Å². The first-order valence-electron chi connectivity index (χ1n) is 9.28. The summed E-state index contributed by atoms with van der Waals surface area (Å²) in [4.78, 5) is 20.5. The first-order chi connectivity index (χ1) is 13.7. The van der Waals surface area contributed by atoms with Crippen molar-refractivity contribution >= 4 is 28.1 Å². The van der Waals surface area contributed by atoms with E-state index in [1.54, 1.807) is 0 Å². The van der Waals surface area contributed by atoms with E-state index in [1.807, 2.05) is 47.8 Å². The number of thiazole rings is 1. The molecule has 4 rings (SSSR count). The summed E-state index contributed by atoms with van der Waals surface area (Å²) in [6.45, 7) is 8.85. The van der Waals surface area contributed by atoms with Gasteiger partial charge in [-0.15, -0.1) is 11.3 Å². The van der Waals surface area contributed by atoms with E-state index in [-0.39, 0.29) is 11.8 Å². The maximum Gasteiger partial charge on any atom is 0.229 e. The number of carbonyl (C=O) groups is 1. The predicted molar refractivity (Wildman–Crippen MR) is 113 cm³/mol. The molecule has 0 spiro atoms. The summed E-state index contributed by atoms with van der Waals surface area (Å²) in [7, 11) is 0. The summed E-state index contributed by atoms with van der Waals surface area (Å²) < 4.78 is 0. The maximum absolute atomic E-state index is 12.4. The Morgan fingerprint density at radius 1 is 1.11 bits per heavy atom. The highest BCUT2D eigenvalue weighted by molar-refractivity contribution is 7.14. The minimum atomic E-state index is 0.0651. The van der Waals surface area contributed by atoms with Crippen LogP contribution in [0.25, 0.3) is 27.2 Å². The van der Waals surface area contributed by atoms with Crippen LogP contribution in [0.3, 0.4) is 0 Å². The third-order valence-electron chi connectivity index (χ3n) is 4.93. The van der Waals surface area contributed by atoms with E-state index < -0.39 is 0 Å². The molecule has 2 heterocycles. The van der Waals surface area contributed by atoms with Crippen molar-refractivity contribution in [1.29, 1.82) is 0 Å². The highest BCUT2D eigenvalue weighted by atomic mass is 32.1. The molecule has 5 nitrogen and oxygen atoms in total. The zero-order valence-electron chi connectivity index (χ0n) is 15.3. The van der Waals surface area contributed by atoms with Gasteiger partial charge in [0.1, 0.15) is 0 Å². The normalized spacial score (nSPS) is 14.4. The highest BCUT2D eigenvalue weighted by Gasteiger charge is 2.21. The van der Waals surface area contributed by atoms with Crippen LogP contribution in [0.15, 0.2) is 53.9 Å². The van der Waals surface area contributed by atoms with Crippen molar-refractivity contribution in [2.45, 2.75) is 12.8 Å². The first-order valence-corrected chi connectivity index (χ1v) is 10.2. The molecule has 3 aromatic rings. The lowest BCUT2D eigenvalue weighted by Gasteiger charge is -2.20. The Labute approximate surface area is 168 Å². The molecule has 1 aromatic heterocycles. The maximum atomic E-state index is 12.4. The van der Waals surface area contributed by atoms with Crippen molar-refractivity contribution in [3.63, 3.8) is 0 Å². The number of carbonyl (C=O) groups excluding carboxylic acids is 1. The van der Waals surface area contributed by atoms with Crippen molar-refractivity contribution < 1.29 is 4.79 Å². The van der Waals surface area contributed by atoms with Gasteiger partial charge in [-0.1, -0.05) is 42.5 Å². The molecule has 1 saturated heterocycles. The number of nitrogens with one attached hydrogen (secondary N) is 2. The van der Waals surface area contributed by atoms with E-state index in [9.17, 15) is 4.79 Å². The number of aromatic nitrogens is 1. The van der Waals surface area contributed by atoms with Gasteiger partial charge >= 0.3 is 0 Å². The molecule has 1 amide bonds. The van der Waals surface area contributed by atoms with Gasteiger partial charge in [0.15, 0.2) is 10.8 Å². The average molecular weight is 388 g/mol. The van der Waals surface area contributed by atoms with Gasteiger partial charge in [-0.3, -0.25) is 4.79 Å². The fraction of sp³-hybridized carbons (Fsp3) is 0.227. The molecule has 2 aromatic carbocycles. The monoisotopic (exact) mass is 388 g/mol. The number of nitrogens with zero attached hydrogens (tertiary/aromatic N) is 2. The quantitative estimate of drug-likeness (QED) is 0.621. The zero-order valence-corrected chi connectivity index (χ0v) is 16.1. The Morgan fingerprint density at radius 2 is 1.86 bits per heavy atom. The molecule has 28 heavy (non-hydrogen) atoms. The summed E-state index contributed by atoms with van der Waals surface area (Å²) in [5.74, 6) is 0.131. The lowest BCUT2D eigenvalue weighted by Crippen LogP contribution is -2.34. The first kappa shape index (κ1) is 18.4. The van der Waals surface area contributed by atoms with E-state index in [4.69, 9.17) is 6.57 Å². The number of hydrogen-bond donors (Lipinski definition) is 2. The van der Waals surface area contributed by atoms with Gasteiger partial charge < -0.3 is 10.6 Å². The van der Waals surface area contributed by atoms with Crippen LogP contribution in [-0.4, -0.2) is 24.0 Å². The topological polar surface area (TPSA) is 58.4 Å². The van der Waals surface area contributed by atoms with Gasteiger partial charge in [0.2, 0.25) is 5.91 Å². The molecule has 0 radical (unpaired) electrons. The zero-order chi connectivity index (χ0) is 19.3. The van der Waals surface area contributed by atoms with Crippen LogP contribution >= 0.6 is 11.3 Å². The lowest BCUT2D eigenvalue weighted by molar-refractivity contribution is -0.120. The number of amides is 1. The predicted octanol–water partition coefficient (Wildman–Crippen LogP) is 4.97. The van der Waals surface area contributed by atoms with E-state index in [0.717, 1.165) is 48.3 Å². The van der Waals surface area contributed by atoms with Crippen LogP contribution in [-0.2, 0) is 4.79 Å². The molecular formula is C22H20N4OS. The molecule has 1 aliphatic rings. The summed E-state index contributed by atoms with van der Waals surface area (Å²) in [5.41, 5.74) is 4.62. The van der Waals surface area contributed by atoms with Crippen molar-refractivity contribution in [2.24, 2.45) is 5.92 Å². The molecule has 0 unspecified atom stereocenters. The Morgan fingerprint density at radius 3 is 2.61 bits per heavy atom. The smallest absolute Gasteiger partial charge is 0.229 e. The highest BCUT2D eigenvalue weighted by Crippen LogP contribution is 2.30. The second-order valence-corrected chi connectivity index (χ2v) is 7.65. The van der Waals surface area contributed by atoms with E-state index in [2.05, 4.69) is 26.5 Å². The van der Waals surface area contributed by atoms with Gasteiger partial charge in [-0.05, 0) is 43.1 Å². The molecule has 1 aliphatic heterocycles. The summed E-state index contributed by atoms with van der Waals surface area (Å²) >= 11 is 1.45. The molecule has 1 fully saturated rings. The Balaban J connectivity index is 1.50. The fourth-order valence-electron chi connectivity index (χ4n) is 3.34. The molecule has 0 aliphatic carbocycles.